The van der Waals surface area contributed by atoms with Crippen LogP contribution in [0.5, 0.6) is 0 Å². The van der Waals surface area contributed by atoms with E-state index in [1.54, 1.807) is 13.8 Å². The Morgan fingerprint density at radius 1 is 1.43 bits per heavy atom. The third kappa shape index (κ3) is 4.09. The number of carboxylic acid groups (broad SMARTS) is 1. The molecule has 0 spiro atoms. The van der Waals surface area contributed by atoms with Crippen LogP contribution in [0.1, 0.15) is 51.1 Å². The molecule has 21 heavy (non-hydrogen) atoms. The average Bonchev–Trinajstić information content (AvgIpc) is 2.96. The molecule has 5 nitrogen and oxygen atoms in total. The fourth-order valence-corrected chi connectivity index (χ4v) is 2.44. The first-order valence-electron chi connectivity index (χ1n) is 7.49. The first-order chi connectivity index (χ1) is 9.88. The van der Waals surface area contributed by atoms with Gasteiger partial charge in [0.1, 0.15) is 17.6 Å². The molecule has 1 amide bonds. The van der Waals surface area contributed by atoms with Crippen molar-refractivity contribution < 1.29 is 19.1 Å². The fourth-order valence-electron chi connectivity index (χ4n) is 2.44. The summed E-state index contributed by atoms with van der Waals surface area (Å²) in [4.78, 5) is 22.9. The van der Waals surface area contributed by atoms with Crippen molar-refractivity contribution in [2.75, 3.05) is 0 Å². The lowest BCUT2D eigenvalue weighted by molar-refractivity contribution is -0.143. The largest absolute Gasteiger partial charge is 0.480 e. The van der Waals surface area contributed by atoms with Gasteiger partial charge in [-0.1, -0.05) is 20.8 Å². The van der Waals surface area contributed by atoms with Crippen LogP contribution in [-0.2, 0) is 16.0 Å². The van der Waals surface area contributed by atoms with Gasteiger partial charge >= 0.3 is 5.97 Å². The number of carbonyl (C=O) groups excluding carboxylic acids is 1. The molecule has 1 aliphatic rings. The zero-order valence-corrected chi connectivity index (χ0v) is 12.8. The number of carboxylic acids is 1. The molecule has 1 aliphatic carbocycles. The maximum atomic E-state index is 11.8. The van der Waals surface area contributed by atoms with Gasteiger partial charge in [-0.2, -0.15) is 0 Å². The highest BCUT2D eigenvalue weighted by Crippen LogP contribution is 2.47. The number of furan rings is 1. The Hall–Kier alpha value is -1.78. The van der Waals surface area contributed by atoms with Crippen molar-refractivity contribution in [3.63, 3.8) is 0 Å². The molecule has 1 aromatic heterocycles. The molecule has 2 N–H and O–H groups in total. The van der Waals surface area contributed by atoms with Crippen molar-refractivity contribution in [1.29, 1.82) is 0 Å². The van der Waals surface area contributed by atoms with Gasteiger partial charge in [-0.3, -0.25) is 4.79 Å². The quantitative estimate of drug-likeness (QED) is 0.809. The molecule has 116 valence electrons. The minimum absolute atomic E-state index is 0.141. The Bertz CT molecular complexity index is 520. The van der Waals surface area contributed by atoms with E-state index in [9.17, 15) is 9.59 Å². The summed E-state index contributed by atoms with van der Waals surface area (Å²) in [5.41, 5.74) is 0. The fraction of sp³-hybridized carbons (Fsp3) is 0.625. The number of carbonyl (C=O) groups is 2. The number of amides is 1. The Morgan fingerprint density at radius 3 is 2.62 bits per heavy atom. The third-order valence-electron chi connectivity index (χ3n) is 4.01. The molecule has 3 atom stereocenters. The second kappa shape index (κ2) is 6.33. The van der Waals surface area contributed by atoms with E-state index in [4.69, 9.17) is 9.52 Å². The molecule has 2 rings (SSSR count). The maximum Gasteiger partial charge on any atom is 0.326 e. The Kier molecular flexibility index (Phi) is 4.70. The minimum Gasteiger partial charge on any atom is -0.480 e. The van der Waals surface area contributed by atoms with Crippen LogP contribution in [0.4, 0.5) is 0 Å². The second-order valence-corrected chi connectivity index (χ2v) is 6.25. The van der Waals surface area contributed by atoms with E-state index in [-0.39, 0.29) is 18.2 Å². The van der Waals surface area contributed by atoms with Crippen LogP contribution in [0, 0.1) is 11.8 Å². The number of hydrogen-bond acceptors (Lipinski definition) is 3. The summed E-state index contributed by atoms with van der Waals surface area (Å²) in [7, 11) is 0. The molecule has 1 heterocycles. The van der Waals surface area contributed by atoms with Gasteiger partial charge in [-0.25, -0.2) is 4.79 Å². The van der Waals surface area contributed by atoms with Gasteiger partial charge in [0, 0.05) is 18.8 Å². The number of rotatable bonds is 7. The van der Waals surface area contributed by atoms with E-state index < -0.39 is 12.0 Å². The summed E-state index contributed by atoms with van der Waals surface area (Å²) in [5, 5.41) is 11.6. The molecular formula is C16H23NO4. The summed E-state index contributed by atoms with van der Waals surface area (Å²) in [6, 6.07) is 3.05. The molecule has 0 saturated heterocycles. The molecule has 2 unspecified atom stereocenters. The van der Waals surface area contributed by atoms with Crippen LogP contribution in [0.3, 0.4) is 0 Å². The molecule has 1 aromatic rings. The summed E-state index contributed by atoms with van der Waals surface area (Å²) >= 11 is 0. The molecule has 0 radical (unpaired) electrons. The van der Waals surface area contributed by atoms with Gasteiger partial charge < -0.3 is 14.8 Å². The number of aryl methyl sites for hydroxylation is 1. The smallest absolute Gasteiger partial charge is 0.326 e. The van der Waals surface area contributed by atoms with E-state index in [0.717, 1.165) is 11.5 Å². The van der Waals surface area contributed by atoms with E-state index in [2.05, 4.69) is 12.2 Å². The van der Waals surface area contributed by atoms with Crippen molar-refractivity contribution in [3.8, 4) is 0 Å². The van der Waals surface area contributed by atoms with Crippen LogP contribution in [0.2, 0.25) is 0 Å². The van der Waals surface area contributed by atoms with Gasteiger partial charge in [0.25, 0.3) is 0 Å². The normalized spacial score (nSPS) is 22.1. The lowest BCUT2D eigenvalue weighted by Crippen LogP contribution is -2.44. The molecule has 1 fully saturated rings. The standard InChI is InChI=1S/C16H23NO4/c1-9(2)15(16(19)20)17-14(18)7-5-11-4-6-13(21-11)12-8-10(12)3/h4,6,9-10,12,15H,5,7-8H2,1-3H3,(H,17,18)(H,19,20)/t10?,12?,15-/m1/s1. The highest BCUT2D eigenvalue weighted by Gasteiger charge is 2.36. The average molecular weight is 293 g/mol. The van der Waals surface area contributed by atoms with Crippen LogP contribution in [0.25, 0.3) is 0 Å². The van der Waals surface area contributed by atoms with Crippen molar-refractivity contribution in [3.05, 3.63) is 23.7 Å². The second-order valence-electron chi connectivity index (χ2n) is 6.25. The minimum atomic E-state index is -0.999. The summed E-state index contributed by atoms with van der Waals surface area (Å²) < 4.78 is 5.73. The van der Waals surface area contributed by atoms with Crippen molar-refractivity contribution in [1.82, 2.24) is 5.32 Å². The SMILES string of the molecule is CC1CC1c1ccc(CCC(=O)N[C@@H](C(=O)O)C(C)C)o1. The van der Waals surface area contributed by atoms with Gasteiger partial charge in [0.2, 0.25) is 5.91 Å². The van der Waals surface area contributed by atoms with E-state index in [1.807, 2.05) is 12.1 Å². The summed E-state index contributed by atoms with van der Waals surface area (Å²) in [6.07, 6.45) is 1.91. The van der Waals surface area contributed by atoms with Gasteiger partial charge in [0.05, 0.1) is 0 Å². The zero-order chi connectivity index (χ0) is 15.6. The Labute approximate surface area is 124 Å². The van der Waals surface area contributed by atoms with Crippen molar-refractivity contribution >= 4 is 11.9 Å². The maximum absolute atomic E-state index is 11.8. The van der Waals surface area contributed by atoms with Crippen LogP contribution in [-0.4, -0.2) is 23.0 Å². The third-order valence-corrected chi connectivity index (χ3v) is 4.01. The molecule has 1 saturated carbocycles. The highest BCUT2D eigenvalue weighted by molar-refractivity contribution is 5.83. The molecule has 0 aromatic carbocycles. The summed E-state index contributed by atoms with van der Waals surface area (Å²) in [6.45, 7) is 5.74. The lowest BCUT2D eigenvalue weighted by Gasteiger charge is -2.17. The molecule has 0 aliphatic heterocycles. The summed E-state index contributed by atoms with van der Waals surface area (Å²) in [5.74, 6) is 1.62. The zero-order valence-electron chi connectivity index (χ0n) is 12.8. The first-order valence-corrected chi connectivity index (χ1v) is 7.49. The van der Waals surface area contributed by atoms with Crippen molar-refractivity contribution in [2.45, 2.75) is 52.0 Å². The Morgan fingerprint density at radius 2 is 2.10 bits per heavy atom. The van der Waals surface area contributed by atoms with E-state index in [1.165, 1.54) is 6.42 Å². The lowest BCUT2D eigenvalue weighted by atomic mass is 10.0. The number of hydrogen-bond donors (Lipinski definition) is 2. The van der Waals surface area contributed by atoms with E-state index >= 15 is 0 Å². The van der Waals surface area contributed by atoms with Crippen LogP contribution >= 0.6 is 0 Å². The predicted molar refractivity (Wildman–Crippen MR) is 78.0 cm³/mol. The first kappa shape index (κ1) is 15.6. The van der Waals surface area contributed by atoms with Crippen LogP contribution < -0.4 is 5.32 Å². The Balaban J connectivity index is 1.80. The van der Waals surface area contributed by atoms with E-state index in [0.29, 0.717) is 18.3 Å². The monoisotopic (exact) mass is 293 g/mol. The number of aliphatic carboxylic acids is 1. The highest BCUT2D eigenvalue weighted by atomic mass is 16.4. The van der Waals surface area contributed by atoms with Gasteiger partial charge in [-0.15, -0.1) is 0 Å². The molecule has 0 bridgehead atoms. The molecule has 5 heteroatoms. The van der Waals surface area contributed by atoms with Crippen LogP contribution in [0.15, 0.2) is 16.5 Å². The molecular weight excluding hydrogens is 270 g/mol. The predicted octanol–water partition coefficient (Wildman–Crippen LogP) is 2.56. The van der Waals surface area contributed by atoms with Gasteiger partial charge in [0.15, 0.2) is 0 Å². The van der Waals surface area contributed by atoms with Gasteiger partial charge in [-0.05, 0) is 30.4 Å². The topological polar surface area (TPSA) is 79.5 Å². The van der Waals surface area contributed by atoms with Crippen molar-refractivity contribution in [2.24, 2.45) is 11.8 Å². The number of nitrogens with one attached hydrogen (secondary N) is 1.